The maximum absolute atomic E-state index is 11.9. The molecule has 114 valence electrons. The van der Waals surface area contributed by atoms with E-state index in [0.29, 0.717) is 12.1 Å². The normalized spacial score (nSPS) is 32.7. The molecule has 0 amide bonds. The lowest BCUT2D eigenvalue weighted by molar-refractivity contribution is -0.150. The number of benzene rings is 1. The van der Waals surface area contributed by atoms with Gasteiger partial charge in [0.25, 0.3) is 0 Å². The van der Waals surface area contributed by atoms with Crippen LogP contribution in [-0.2, 0) is 16.1 Å². The van der Waals surface area contributed by atoms with Gasteiger partial charge in [0.1, 0.15) is 0 Å². The molecule has 2 unspecified atom stereocenters. The lowest BCUT2D eigenvalue weighted by atomic mass is 9.76. The molecule has 4 nitrogen and oxygen atoms in total. The zero-order valence-electron chi connectivity index (χ0n) is 12.6. The van der Waals surface area contributed by atoms with Crippen LogP contribution in [0.5, 0.6) is 0 Å². The first kappa shape index (κ1) is 14.5. The van der Waals surface area contributed by atoms with Gasteiger partial charge < -0.3 is 10.5 Å². The Balaban J connectivity index is 1.75. The van der Waals surface area contributed by atoms with Crippen molar-refractivity contribution in [3.8, 4) is 0 Å². The highest BCUT2D eigenvalue weighted by Gasteiger charge is 2.43. The van der Waals surface area contributed by atoms with Gasteiger partial charge in [-0.05, 0) is 31.2 Å². The maximum atomic E-state index is 11.9. The second-order valence-corrected chi connectivity index (χ2v) is 6.39. The van der Waals surface area contributed by atoms with Gasteiger partial charge in [0.2, 0.25) is 0 Å². The molecule has 0 radical (unpaired) electrons. The van der Waals surface area contributed by atoms with E-state index in [4.69, 9.17) is 10.5 Å². The fourth-order valence-electron chi connectivity index (χ4n) is 3.99. The number of esters is 1. The number of fused-ring (bicyclic) bond motifs is 2. The Morgan fingerprint density at radius 3 is 2.38 bits per heavy atom. The van der Waals surface area contributed by atoms with Gasteiger partial charge in [-0.15, -0.1) is 0 Å². The summed E-state index contributed by atoms with van der Waals surface area (Å²) < 4.78 is 4.95. The predicted octanol–water partition coefficient (Wildman–Crippen LogP) is 1.93. The van der Waals surface area contributed by atoms with Crippen molar-refractivity contribution in [3.05, 3.63) is 35.9 Å². The van der Waals surface area contributed by atoms with Crippen LogP contribution in [0, 0.1) is 5.92 Å². The number of carbonyl (C=O) groups is 1. The number of piperidine rings is 2. The predicted molar refractivity (Wildman–Crippen MR) is 81.5 cm³/mol. The van der Waals surface area contributed by atoms with Crippen molar-refractivity contribution in [2.45, 2.75) is 50.4 Å². The average molecular weight is 288 g/mol. The third kappa shape index (κ3) is 3.11. The minimum absolute atomic E-state index is 0.0459. The van der Waals surface area contributed by atoms with Crippen LogP contribution in [-0.4, -0.2) is 36.1 Å². The van der Waals surface area contributed by atoms with E-state index in [1.165, 1.54) is 12.7 Å². The minimum atomic E-state index is -0.0557. The third-order valence-electron chi connectivity index (χ3n) is 4.94. The van der Waals surface area contributed by atoms with Crippen LogP contribution in [0.15, 0.2) is 30.3 Å². The largest absolute Gasteiger partial charge is 0.469 e. The minimum Gasteiger partial charge on any atom is -0.469 e. The topological polar surface area (TPSA) is 55.6 Å². The highest BCUT2D eigenvalue weighted by Crippen LogP contribution is 2.38. The maximum Gasteiger partial charge on any atom is 0.308 e. The third-order valence-corrected chi connectivity index (χ3v) is 4.94. The van der Waals surface area contributed by atoms with Crippen LogP contribution in [0.4, 0.5) is 0 Å². The number of nitrogens with zero attached hydrogens (tertiary/aromatic N) is 1. The summed E-state index contributed by atoms with van der Waals surface area (Å²) in [6, 6.07) is 11.6. The quantitative estimate of drug-likeness (QED) is 0.864. The summed E-state index contributed by atoms with van der Waals surface area (Å²) in [6.07, 6.45) is 3.72. The van der Waals surface area contributed by atoms with Gasteiger partial charge in [-0.2, -0.15) is 0 Å². The van der Waals surface area contributed by atoms with Crippen molar-refractivity contribution >= 4 is 5.97 Å². The highest BCUT2D eigenvalue weighted by molar-refractivity contribution is 5.72. The standard InChI is InChI=1S/C17H24N2O2/c1-21-17(20)13-7-15-9-14(18)10-16(8-13)19(15)11-12-5-3-2-4-6-12/h2-6,13-16H,7-11,18H2,1H3. The Morgan fingerprint density at radius 1 is 1.19 bits per heavy atom. The molecule has 2 saturated heterocycles. The van der Waals surface area contributed by atoms with E-state index in [2.05, 4.69) is 29.2 Å². The van der Waals surface area contributed by atoms with Crippen LogP contribution >= 0.6 is 0 Å². The Bertz CT molecular complexity index is 475. The summed E-state index contributed by atoms with van der Waals surface area (Å²) in [7, 11) is 1.49. The van der Waals surface area contributed by atoms with Crippen LogP contribution in [0.1, 0.15) is 31.2 Å². The molecule has 2 aliphatic heterocycles. The fraction of sp³-hybridized carbons (Fsp3) is 0.588. The summed E-state index contributed by atoms with van der Waals surface area (Å²) in [5.74, 6) is -0.00986. The van der Waals surface area contributed by atoms with Crippen molar-refractivity contribution in [1.29, 1.82) is 0 Å². The van der Waals surface area contributed by atoms with Crippen LogP contribution in [0.2, 0.25) is 0 Å². The van der Waals surface area contributed by atoms with Crippen molar-refractivity contribution in [2.75, 3.05) is 7.11 Å². The highest BCUT2D eigenvalue weighted by atomic mass is 16.5. The van der Waals surface area contributed by atoms with Crippen LogP contribution in [0.3, 0.4) is 0 Å². The lowest BCUT2D eigenvalue weighted by Crippen LogP contribution is -2.57. The first-order chi connectivity index (χ1) is 10.2. The summed E-state index contributed by atoms with van der Waals surface area (Å²) in [5.41, 5.74) is 7.52. The van der Waals surface area contributed by atoms with E-state index in [-0.39, 0.29) is 17.9 Å². The van der Waals surface area contributed by atoms with Gasteiger partial charge in [-0.1, -0.05) is 30.3 Å². The molecule has 21 heavy (non-hydrogen) atoms. The SMILES string of the molecule is COC(=O)C1CC2CC(N)CC(C1)N2Cc1ccccc1. The molecule has 2 fully saturated rings. The van der Waals surface area contributed by atoms with Crippen molar-refractivity contribution in [2.24, 2.45) is 11.7 Å². The Labute approximate surface area is 126 Å². The Hall–Kier alpha value is -1.39. The number of methoxy groups -OCH3 is 1. The smallest absolute Gasteiger partial charge is 0.308 e. The Kier molecular flexibility index (Phi) is 4.27. The van der Waals surface area contributed by atoms with E-state index in [1.807, 2.05) is 6.07 Å². The summed E-state index contributed by atoms with van der Waals surface area (Å²) in [5, 5.41) is 0. The number of hydrogen-bond donors (Lipinski definition) is 1. The molecule has 0 spiro atoms. The molecule has 2 aliphatic rings. The van der Waals surface area contributed by atoms with Gasteiger partial charge in [0.05, 0.1) is 13.0 Å². The van der Waals surface area contributed by atoms with Gasteiger partial charge in [0.15, 0.2) is 0 Å². The number of hydrogen-bond acceptors (Lipinski definition) is 4. The molecule has 1 aromatic carbocycles. The average Bonchev–Trinajstić information content (AvgIpc) is 2.48. The zero-order valence-corrected chi connectivity index (χ0v) is 12.6. The monoisotopic (exact) mass is 288 g/mol. The van der Waals surface area contributed by atoms with Gasteiger partial charge >= 0.3 is 5.97 Å². The molecule has 2 N–H and O–H groups in total. The van der Waals surface area contributed by atoms with Crippen LogP contribution in [0.25, 0.3) is 0 Å². The molecule has 2 bridgehead atoms. The molecular formula is C17H24N2O2. The molecule has 0 saturated carbocycles. The molecule has 1 aromatic rings. The molecular weight excluding hydrogens is 264 g/mol. The summed E-state index contributed by atoms with van der Waals surface area (Å²) in [6.45, 7) is 0.955. The first-order valence-corrected chi connectivity index (χ1v) is 7.80. The molecule has 3 rings (SSSR count). The first-order valence-electron chi connectivity index (χ1n) is 7.80. The molecule has 0 aromatic heterocycles. The van der Waals surface area contributed by atoms with Crippen molar-refractivity contribution in [3.63, 3.8) is 0 Å². The lowest BCUT2D eigenvalue weighted by Gasteiger charge is -2.50. The summed E-state index contributed by atoms with van der Waals surface area (Å²) in [4.78, 5) is 14.4. The van der Waals surface area contributed by atoms with Crippen molar-refractivity contribution < 1.29 is 9.53 Å². The number of ether oxygens (including phenoxy) is 1. The number of nitrogens with two attached hydrogens (primary N) is 1. The zero-order chi connectivity index (χ0) is 14.8. The summed E-state index contributed by atoms with van der Waals surface area (Å²) >= 11 is 0. The van der Waals surface area contributed by atoms with E-state index in [0.717, 1.165) is 32.2 Å². The Morgan fingerprint density at radius 2 is 1.81 bits per heavy atom. The second-order valence-electron chi connectivity index (χ2n) is 6.39. The van der Waals surface area contributed by atoms with E-state index < -0.39 is 0 Å². The molecule has 2 atom stereocenters. The number of carbonyl (C=O) groups excluding carboxylic acids is 1. The van der Waals surface area contributed by atoms with Gasteiger partial charge in [-0.3, -0.25) is 9.69 Å². The van der Waals surface area contributed by atoms with Gasteiger partial charge in [-0.25, -0.2) is 0 Å². The van der Waals surface area contributed by atoms with Crippen LogP contribution < -0.4 is 5.73 Å². The molecule has 0 aliphatic carbocycles. The van der Waals surface area contributed by atoms with Crippen molar-refractivity contribution in [1.82, 2.24) is 4.90 Å². The van der Waals surface area contributed by atoms with E-state index in [1.54, 1.807) is 0 Å². The number of rotatable bonds is 3. The molecule has 4 heteroatoms. The van der Waals surface area contributed by atoms with E-state index in [9.17, 15) is 4.79 Å². The second kappa shape index (κ2) is 6.16. The fourth-order valence-corrected chi connectivity index (χ4v) is 3.99. The van der Waals surface area contributed by atoms with Gasteiger partial charge in [0, 0.05) is 24.7 Å². The molecule has 2 heterocycles. The van der Waals surface area contributed by atoms with E-state index >= 15 is 0 Å².